The number of carbonyl (C=O) groups is 1. The molecule has 0 aliphatic heterocycles. The van der Waals surface area contributed by atoms with Crippen LogP contribution in [-0.4, -0.2) is 11.1 Å². The Labute approximate surface area is 135 Å². The first-order valence-electron chi connectivity index (χ1n) is 8.33. The number of hydrogen-bond donors (Lipinski definition) is 1. The van der Waals surface area contributed by atoms with Crippen molar-refractivity contribution in [3.8, 4) is 0 Å². The van der Waals surface area contributed by atoms with E-state index in [0.717, 1.165) is 19.3 Å². The molecule has 0 aromatic carbocycles. The van der Waals surface area contributed by atoms with Gasteiger partial charge in [0.1, 0.15) is 0 Å². The van der Waals surface area contributed by atoms with Crippen LogP contribution >= 0.6 is 0 Å². The van der Waals surface area contributed by atoms with E-state index < -0.39 is 5.97 Å². The highest BCUT2D eigenvalue weighted by Crippen LogP contribution is 2.00. The highest BCUT2D eigenvalue weighted by Gasteiger charge is 1.90. The van der Waals surface area contributed by atoms with E-state index in [1.807, 2.05) is 6.08 Å². The lowest BCUT2D eigenvalue weighted by Gasteiger charge is -1.90. The van der Waals surface area contributed by atoms with Crippen molar-refractivity contribution in [3.63, 3.8) is 0 Å². The Hall–Kier alpha value is -1.79. The maximum Gasteiger partial charge on any atom is 0.303 e. The predicted molar refractivity (Wildman–Crippen MR) is 94.9 cm³/mol. The van der Waals surface area contributed by atoms with E-state index in [2.05, 4.69) is 49.1 Å². The van der Waals surface area contributed by atoms with Gasteiger partial charge in [0.25, 0.3) is 0 Å². The zero-order valence-electron chi connectivity index (χ0n) is 13.8. The van der Waals surface area contributed by atoms with Crippen LogP contribution in [0.1, 0.15) is 64.7 Å². The largest absolute Gasteiger partial charge is 0.481 e. The Bertz CT molecular complexity index is 407. The summed E-state index contributed by atoms with van der Waals surface area (Å²) in [6.45, 7) is 2.23. The summed E-state index contributed by atoms with van der Waals surface area (Å²) in [5, 5.41) is 8.46. The predicted octanol–water partition coefficient (Wildman–Crippen LogP) is 5.98. The molecule has 0 aliphatic carbocycles. The number of rotatable bonds is 13. The van der Waals surface area contributed by atoms with Crippen molar-refractivity contribution in [3.05, 3.63) is 54.3 Å². The molecule has 0 amide bonds. The van der Waals surface area contributed by atoms with Crippen LogP contribution in [0.2, 0.25) is 0 Å². The number of hydrogen-bond acceptors (Lipinski definition) is 1. The molecule has 0 saturated carbocycles. The van der Waals surface area contributed by atoms with Crippen LogP contribution in [0.4, 0.5) is 0 Å². The van der Waals surface area contributed by atoms with E-state index in [0.29, 0.717) is 6.42 Å². The Morgan fingerprint density at radius 2 is 1.50 bits per heavy atom. The summed E-state index contributed by atoms with van der Waals surface area (Å²) >= 11 is 0. The van der Waals surface area contributed by atoms with Gasteiger partial charge in [-0.25, -0.2) is 0 Å². The van der Waals surface area contributed by atoms with E-state index >= 15 is 0 Å². The van der Waals surface area contributed by atoms with Gasteiger partial charge in [0.05, 0.1) is 0 Å². The molecule has 0 fully saturated rings. The first-order chi connectivity index (χ1) is 10.8. The van der Waals surface area contributed by atoms with Gasteiger partial charge in [0.2, 0.25) is 0 Å². The molecule has 22 heavy (non-hydrogen) atoms. The Morgan fingerprint density at radius 1 is 0.864 bits per heavy atom. The molecule has 122 valence electrons. The van der Waals surface area contributed by atoms with E-state index in [1.54, 1.807) is 6.08 Å². The van der Waals surface area contributed by atoms with E-state index in [4.69, 9.17) is 5.11 Å². The molecule has 0 saturated heterocycles. The second kappa shape index (κ2) is 17.3. The van der Waals surface area contributed by atoms with Crippen molar-refractivity contribution in [2.75, 3.05) is 0 Å². The topological polar surface area (TPSA) is 37.3 Å². The van der Waals surface area contributed by atoms with Crippen LogP contribution in [0, 0.1) is 0 Å². The lowest BCUT2D eigenvalue weighted by Crippen LogP contribution is -1.91. The molecule has 0 aromatic rings. The first-order valence-corrected chi connectivity index (χ1v) is 8.33. The number of carboxylic acids is 1. The van der Waals surface area contributed by atoms with E-state index in [1.165, 1.54) is 25.7 Å². The van der Waals surface area contributed by atoms with Gasteiger partial charge in [-0.1, -0.05) is 56.2 Å². The molecule has 1 N–H and O–H groups in total. The molecule has 0 aromatic heterocycles. The smallest absolute Gasteiger partial charge is 0.303 e. The number of unbranched alkanes of at least 4 members (excludes halogenated alkanes) is 3. The fourth-order valence-corrected chi connectivity index (χ4v) is 1.77. The minimum atomic E-state index is -0.763. The van der Waals surface area contributed by atoms with Gasteiger partial charge in [-0.3, -0.25) is 4.79 Å². The number of allylic oxidation sites excluding steroid dienone is 7. The fourth-order valence-electron chi connectivity index (χ4n) is 1.77. The summed E-state index contributed by atoms with van der Waals surface area (Å²) in [4.78, 5) is 10.3. The van der Waals surface area contributed by atoms with E-state index in [-0.39, 0.29) is 6.42 Å². The first kappa shape index (κ1) is 20.2. The molecule has 0 radical (unpaired) electrons. The summed E-state index contributed by atoms with van der Waals surface area (Å²) in [7, 11) is 0. The molecule has 0 atom stereocenters. The quantitative estimate of drug-likeness (QED) is 0.258. The average molecular weight is 302 g/mol. The normalized spacial score (nSPS) is 11.3. The van der Waals surface area contributed by atoms with E-state index in [9.17, 15) is 4.79 Å². The minimum absolute atomic E-state index is 0.175. The average Bonchev–Trinajstić information content (AvgIpc) is 2.50. The maximum absolute atomic E-state index is 10.3. The van der Waals surface area contributed by atoms with Crippen molar-refractivity contribution >= 4 is 5.97 Å². The number of aliphatic carboxylic acids is 1. The highest BCUT2D eigenvalue weighted by molar-refractivity contribution is 5.66. The van der Waals surface area contributed by atoms with Crippen molar-refractivity contribution < 1.29 is 9.90 Å². The maximum atomic E-state index is 10.3. The van der Waals surface area contributed by atoms with Crippen LogP contribution in [0.5, 0.6) is 0 Å². The highest BCUT2D eigenvalue weighted by atomic mass is 16.4. The summed E-state index contributed by atoms with van der Waals surface area (Å²) in [6, 6.07) is 0. The second-order valence-corrected chi connectivity index (χ2v) is 5.12. The zero-order valence-corrected chi connectivity index (χ0v) is 13.8. The summed E-state index contributed by atoms with van der Waals surface area (Å²) in [5.41, 5.74) is 2.99. The van der Waals surface area contributed by atoms with Gasteiger partial charge in [-0.15, -0.1) is 5.73 Å². The summed E-state index contributed by atoms with van der Waals surface area (Å²) in [5.74, 6) is -0.763. The van der Waals surface area contributed by atoms with Crippen LogP contribution in [0.3, 0.4) is 0 Å². The monoisotopic (exact) mass is 302 g/mol. The lowest BCUT2D eigenvalue weighted by molar-refractivity contribution is -0.136. The van der Waals surface area contributed by atoms with Crippen LogP contribution < -0.4 is 0 Å². The minimum Gasteiger partial charge on any atom is -0.481 e. The number of carboxylic acid groups (broad SMARTS) is 1. The van der Waals surface area contributed by atoms with Crippen molar-refractivity contribution in [1.29, 1.82) is 0 Å². The molecule has 0 bridgehead atoms. The molecular formula is C20H30O2. The second-order valence-electron chi connectivity index (χ2n) is 5.12. The van der Waals surface area contributed by atoms with Gasteiger partial charge in [0.15, 0.2) is 0 Å². The Balaban J connectivity index is 3.51. The molecule has 0 rings (SSSR count). The standard InChI is InChI=1S/C20H30O2/c1-2-3-4-5-6-7-8-9-10-11-12-13-14-15-16-17-18-19-20(21)22/h6-7,9-10,12-13,15,17H,2-5,8,11,14,18-19H2,1H3,(H,21,22). The van der Waals surface area contributed by atoms with Crippen molar-refractivity contribution in [1.82, 2.24) is 0 Å². The third kappa shape index (κ3) is 18.2. The summed E-state index contributed by atoms with van der Waals surface area (Å²) < 4.78 is 0. The molecule has 0 heterocycles. The van der Waals surface area contributed by atoms with Gasteiger partial charge >= 0.3 is 5.97 Å². The van der Waals surface area contributed by atoms with Gasteiger partial charge in [-0.05, 0) is 50.7 Å². The van der Waals surface area contributed by atoms with Crippen LogP contribution in [0.25, 0.3) is 0 Å². The molecule has 0 aliphatic rings. The Morgan fingerprint density at radius 3 is 2.14 bits per heavy atom. The lowest BCUT2D eigenvalue weighted by atomic mass is 10.2. The van der Waals surface area contributed by atoms with Crippen LogP contribution in [-0.2, 0) is 4.79 Å². The van der Waals surface area contributed by atoms with Crippen molar-refractivity contribution in [2.24, 2.45) is 0 Å². The molecule has 0 spiro atoms. The molecule has 2 heteroatoms. The van der Waals surface area contributed by atoms with Crippen LogP contribution in [0.15, 0.2) is 54.3 Å². The third-order valence-corrected chi connectivity index (χ3v) is 3.01. The third-order valence-electron chi connectivity index (χ3n) is 3.01. The Kier molecular flexibility index (Phi) is 15.9. The molecular weight excluding hydrogens is 272 g/mol. The molecule has 0 unspecified atom stereocenters. The van der Waals surface area contributed by atoms with Gasteiger partial charge in [0, 0.05) is 6.42 Å². The van der Waals surface area contributed by atoms with Gasteiger partial charge < -0.3 is 5.11 Å². The fraction of sp³-hybridized carbons (Fsp3) is 0.500. The molecule has 2 nitrogen and oxygen atoms in total. The van der Waals surface area contributed by atoms with Crippen molar-refractivity contribution in [2.45, 2.75) is 64.7 Å². The SMILES string of the molecule is CCCCCC=CCC=CCC=CCC=C=CCCC(=O)O. The summed E-state index contributed by atoms with van der Waals surface area (Å²) in [6.07, 6.45) is 25.5. The van der Waals surface area contributed by atoms with Gasteiger partial charge in [-0.2, -0.15) is 0 Å². The zero-order chi connectivity index (χ0) is 16.3.